The molecule has 5 heteroatoms. The van der Waals surface area contributed by atoms with E-state index in [1.807, 2.05) is 0 Å². The van der Waals surface area contributed by atoms with Gasteiger partial charge in [0.25, 0.3) is 0 Å². The van der Waals surface area contributed by atoms with Gasteiger partial charge in [-0.15, -0.1) is 0 Å². The van der Waals surface area contributed by atoms with Gasteiger partial charge in [0.1, 0.15) is 0 Å². The predicted octanol–water partition coefficient (Wildman–Crippen LogP) is 2.21. The minimum absolute atomic E-state index is 0.136. The first kappa shape index (κ1) is 11.7. The van der Waals surface area contributed by atoms with Gasteiger partial charge in [-0.1, -0.05) is 6.07 Å². The molecule has 1 fully saturated rings. The number of carbonyl (C=O) groups is 1. The Morgan fingerprint density at radius 2 is 2.06 bits per heavy atom. The Bertz CT molecular complexity index is 454. The fourth-order valence-electron chi connectivity index (χ4n) is 2.09. The number of halogens is 1. The van der Waals surface area contributed by atoms with Crippen molar-refractivity contribution >= 4 is 5.97 Å². The normalized spacial score (nSPS) is 16.8. The highest BCUT2D eigenvalue weighted by atomic mass is 19.1. The molecule has 0 radical (unpaired) electrons. The molecule has 1 aromatic carbocycles. The van der Waals surface area contributed by atoms with Crippen LogP contribution in [0.5, 0.6) is 11.5 Å². The van der Waals surface area contributed by atoms with Crippen LogP contribution in [0.15, 0.2) is 12.1 Å². The second kappa shape index (κ2) is 4.24. The summed E-state index contributed by atoms with van der Waals surface area (Å²) in [6.45, 7) is 0. The second-order valence-corrected chi connectivity index (χ2v) is 4.38. The first-order chi connectivity index (χ1) is 8.00. The monoisotopic (exact) mass is 240 g/mol. The van der Waals surface area contributed by atoms with Crippen molar-refractivity contribution < 1.29 is 24.5 Å². The largest absolute Gasteiger partial charge is 0.505 e. The van der Waals surface area contributed by atoms with Gasteiger partial charge < -0.3 is 15.3 Å². The molecule has 0 saturated heterocycles. The number of phenolic OH excluding ortho intramolecular Hbond substituents is 2. The molecule has 92 valence electrons. The number of phenols is 2. The third-order valence-electron chi connectivity index (χ3n) is 3.11. The predicted molar refractivity (Wildman–Crippen MR) is 57.4 cm³/mol. The SMILES string of the molecule is O=C(O)CC(c1ccc(O)c(F)c1O)C1CC1. The van der Waals surface area contributed by atoms with Gasteiger partial charge in [-0.3, -0.25) is 4.79 Å². The van der Waals surface area contributed by atoms with Crippen LogP contribution < -0.4 is 0 Å². The number of aliphatic carboxylic acids is 1. The Balaban J connectivity index is 2.35. The minimum atomic E-state index is -1.08. The number of carboxylic acids is 1. The second-order valence-electron chi connectivity index (χ2n) is 4.38. The first-order valence-electron chi connectivity index (χ1n) is 5.42. The lowest BCUT2D eigenvalue weighted by atomic mass is 9.90. The number of hydrogen-bond acceptors (Lipinski definition) is 3. The molecule has 0 spiro atoms. The number of benzene rings is 1. The van der Waals surface area contributed by atoms with E-state index in [2.05, 4.69) is 0 Å². The average molecular weight is 240 g/mol. The molecular formula is C12H13FO4. The maximum absolute atomic E-state index is 13.3. The zero-order chi connectivity index (χ0) is 12.6. The Morgan fingerprint density at radius 3 is 2.59 bits per heavy atom. The van der Waals surface area contributed by atoms with Gasteiger partial charge in [0.05, 0.1) is 6.42 Å². The molecule has 17 heavy (non-hydrogen) atoms. The van der Waals surface area contributed by atoms with Gasteiger partial charge in [0.2, 0.25) is 5.82 Å². The highest BCUT2D eigenvalue weighted by Gasteiger charge is 2.36. The Morgan fingerprint density at radius 1 is 1.41 bits per heavy atom. The summed E-state index contributed by atoms with van der Waals surface area (Å²) in [5.41, 5.74) is 0.269. The van der Waals surface area contributed by atoms with Crippen LogP contribution in [0, 0.1) is 11.7 Å². The Labute approximate surface area is 97.3 Å². The molecular weight excluding hydrogens is 227 g/mol. The van der Waals surface area contributed by atoms with Gasteiger partial charge in [0.15, 0.2) is 11.5 Å². The molecule has 0 bridgehead atoms. The summed E-state index contributed by atoms with van der Waals surface area (Å²) < 4.78 is 13.3. The van der Waals surface area contributed by atoms with Crippen LogP contribution in [0.4, 0.5) is 4.39 Å². The molecule has 1 aromatic rings. The Hall–Kier alpha value is -1.78. The molecule has 3 N–H and O–H groups in total. The summed E-state index contributed by atoms with van der Waals surface area (Å²) in [6.07, 6.45) is 1.64. The summed E-state index contributed by atoms with van der Waals surface area (Å²) in [4.78, 5) is 10.8. The van der Waals surface area contributed by atoms with Crippen LogP contribution in [-0.2, 0) is 4.79 Å². The molecule has 0 heterocycles. The maximum atomic E-state index is 13.3. The Kier molecular flexibility index (Phi) is 2.92. The van der Waals surface area contributed by atoms with Gasteiger partial charge in [-0.2, -0.15) is 4.39 Å². The number of hydrogen-bond donors (Lipinski definition) is 3. The van der Waals surface area contributed by atoms with E-state index >= 15 is 0 Å². The smallest absolute Gasteiger partial charge is 0.303 e. The average Bonchev–Trinajstić information content (AvgIpc) is 3.07. The summed E-state index contributed by atoms with van der Waals surface area (Å²) >= 11 is 0. The van der Waals surface area contributed by atoms with Crippen LogP contribution >= 0.6 is 0 Å². The van der Waals surface area contributed by atoms with E-state index in [0.29, 0.717) is 0 Å². The third kappa shape index (κ3) is 2.33. The summed E-state index contributed by atoms with van der Waals surface area (Å²) in [5.74, 6) is -3.53. The minimum Gasteiger partial charge on any atom is -0.505 e. The van der Waals surface area contributed by atoms with Crippen molar-refractivity contribution in [3.05, 3.63) is 23.5 Å². The summed E-state index contributed by atoms with van der Waals surface area (Å²) in [6, 6.07) is 2.53. The topological polar surface area (TPSA) is 77.8 Å². The van der Waals surface area contributed by atoms with Gasteiger partial charge in [0, 0.05) is 11.5 Å². The molecule has 1 aliphatic carbocycles. The maximum Gasteiger partial charge on any atom is 0.303 e. The molecule has 1 atom stereocenters. The molecule has 0 aliphatic heterocycles. The van der Waals surface area contributed by atoms with Crippen LogP contribution in [0.1, 0.15) is 30.7 Å². The van der Waals surface area contributed by atoms with E-state index in [0.717, 1.165) is 18.9 Å². The number of aromatic hydroxyl groups is 2. The van der Waals surface area contributed by atoms with Gasteiger partial charge in [-0.05, 0) is 24.8 Å². The third-order valence-corrected chi connectivity index (χ3v) is 3.11. The summed E-state index contributed by atoms with van der Waals surface area (Å²) in [5, 5.41) is 27.5. The van der Waals surface area contributed by atoms with Crippen molar-refractivity contribution in [2.75, 3.05) is 0 Å². The quantitative estimate of drug-likeness (QED) is 0.754. The fourth-order valence-corrected chi connectivity index (χ4v) is 2.09. The van der Waals surface area contributed by atoms with Crippen LogP contribution in [0.2, 0.25) is 0 Å². The molecule has 0 aromatic heterocycles. The van der Waals surface area contributed by atoms with E-state index in [-0.39, 0.29) is 23.8 Å². The standard InChI is InChI=1S/C12H13FO4/c13-11-9(14)4-3-7(12(11)17)8(5-10(15)16)6-1-2-6/h3-4,6,8,14,17H,1-2,5H2,(H,15,16). The number of carboxylic acid groups (broad SMARTS) is 1. The van der Waals surface area contributed by atoms with Crippen molar-refractivity contribution in [2.45, 2.75) is 25.2 Å². The van der Waals surface area contributed by atoms with Crippen molar-refractivity contribution in [1.29, 1.82) is 0 Å². The van der Waals surface area contributed by atoms with Crippen LogP contribution in [-0.4, -0.2) is 21.3 Å². The van der Waals surface area contributed by atoms with Crippen molar-refractivity contribution in [1.82, 2.24) is 0 Å². The fraction of sp³-hybridized carbons (Fsp3) is 0.417. The highest BCUT2D eigenvalue weighted by molar-refractivity contribution is 5.68. The zero-order valence-corrected chi connectivity index (χ0v) is 9.06. The molecule has 2 rings (SSSR count). The van der Waals surface area contributed by atoms with Gasteiger partial charge >= 0.3 is 5.97 Å². The van der Waals surface area contributed by atoms with E-state index in [1.54, 1.807) is 0 Å². The molecule has 1 saturated carbocycles. The zero-order valence-electron chi connectivity index (χ0n) is 9.06. The van der Waals surface area contributed by atoms with Crippen molar-refractivity contribution in [3.8, 4) is 11.5 Å². The first-order valence-corrected chi connectivity index (χ1v) is 5.42. The number of rotatable bonds is 4. The van der Waals surface area contributed by atoms with Crippen molar-refractivity contribution in [3.63, 3.8) is 0 Å². The van der Waals surface area contributed by atoms with E-state index in [4.69, 9.17) is 10.2 Å². The van der Waals surface area contributed by atoms with E-state index < -0.39 is 23.3 Å². The lowest BCUT2D eigenvalue weighted by Gasteiger charge is -2.16. The summed E-state index contributed by atoms with van der Waals surface area (Å²) in [7, 11) is 0. The molecule has 1 unspecified atom stereocenters. The molecule has 4 nitrogen and oxygen atoms in total. The van der Waals surface area contributed by atoms with Crippen molar-refractivity contribution in [2.24, 2.45) is 5.92 Å². The van der Waals surface area contributed by atoms with E-state index in [9.17, 15) is 14.3 Å². The lowest BCUT2D eigenvalue weighted by molar-refractivity contribution is -0.137. The lowest BCUT2D eigenvalue weighted by Crippen LogP contribution is -2.09. The van der Waals surface area contributed by atoms with Crippen LogP contribution in [0.25, 0.3) is 0 Å². The molecule has 0 amide bonds. The van der Waals surface area contributed by atoms with E-state index in [1.165, 1.54) is 6.07 Å². The highest BCUT2D eigenvalue weighted by Crippen LogP contribution is 2.47. The molecule has 1 aliphatic rings. The van der Waals surface area contributed by atoms with Crippen LogP contribution in [0.3, 0.4) is 0 Å². The van der Waals surface area contributed by atoms with Gasteiger partial charge in [-0.25, -0.2) is 0 Å².